The average Bonchev–Trinajstić information content (AvgIpc) is 3.34. The predicted octanol–water partition coefficient (Wildman–Crippen LogP) is 3.32. The van der Waals surface area contributed by atoms with Gasteiger partial charge in [0.25, 0.3) is 0 Å². The number of hydrogen-bond acceptors (Lipinski definition) is 6. The van der Waals surface area contributed by atoms with Crippen molar-refractivity contribution in [3.63, 3.8) is 0 Å². The predicted molar refractivity (Wildman–Crippen MR) is 89.9 cm³/mol. The Bertz CT molecular complexity index is 921. The summed E-state index contributed by atoms with van der Waals surface area (Å²) in [7, 11) is -3.57. The first-order valence-electron chi connectivity index (χ1n) is 7.59. The Kier molecular flexibility index (Phi) is 3.95. The zero-order valence-corrected chi connectivity index (χ0v) is 14.3. The summed E-state index contributed by atoms with van der Waals surface area (Å²) in [6, 6.07) is 9.94. The summed E-state index contributed by atoms with van der Waals surface area (Å²) < 4.78 is 33.0. The van der Waals surface area contributed by atoms with Crippen LogP contribution < -0.4 is 0 Å². The van der Waals surface area contributed by atoms with E-state index in [0.29, 0.717) is 24.7 Å². The molecule has 2 aromatic heterocycles. The minimum atomic E-state index is -3.57. The van der Waals surface area contributed by atoms with Crippen LogP contribution in [0.3, 0.4) is 0 Å². The number of hydrogen-bond donors (Lipinski definition) is 0. The summed E-state index contributed by atoms with van der Waals surface area (Å²) in [5, 5.41) is 12.0. The Morgan fingerprint density at radius 3 is 2.75 bits per heavy atom. The second-order valence-electron chi connectivity index (χ2n) is 5.54. The molecule has 6 nitrogen and oxygen atoms in total. The SMILES string of the molecule is O=S(=O)(c1ccccc1)N1CCC[C@@H]1c1nnc(-c2ccsc2)o1. The minimum Gasteiger partial charge on any atom is -0.419 e. The third kappa shape index (κ3) is 2.66. The van der Waals surface area contributed by atoms with Crippen LogP contribution in [0.2, 0.25) is 0 Å². The molecule has 0 spiro atoms. The molecule has 1 aliphatic heterocycles. The summed E-state index contributed by atoms with van der Waals surface area (Å²) >= 11 is 1.54. The molecule has 1 atom stereocenters. The van der Waals surface area contributed by atoms with Gasteiger partial charge in [0.15, 0.2) is 0 Å². The average molecular weight is 361 g/mol. The fourth-order valence-corrected chi connectivity index (χ4v) is 5.18. The molecule has 0 unspecified atom stereocenters. The van der Waals surface area contributed by atoms with E-state index in [1.165, 1.54) is 4.31 Å². The summed E-state index contributed by atoms with van der Waals surface area (Å²) in [5.74, 6) is 0.781. The van der Waals surface area contributed by atoms with E-state index in [1.54, 1.807) is 41.7 Å². The van der Waals surface area contributed by atoms with Gasteiger partial charge in [-0.1, -0.05) is 18.2 Å². The van der Waals surface area contributed by atoms with Gasteiger partial charge in [0.05, 0.1) is 4.90 Å². The van der Waals surface area contributed by atoms with Gasteiger partial charge in [0.1, 0.15) is 6.04 Å². The maximum absolute atomic E-state index is 12.9. The molecule has 0 amide bonds. The van der Waals surface area contributed by atoms with Gasteiger partial charge in [-0.25, -0.2) is 8.42 Å². The number of thiophene rings is 1. The van der Waals surface area contributed by atoms with Gasteiger partial charge in [0, 0.05) is 17.5 Å². The van der Waals surface area contributed by atoms with Crippen LogP contribution >= 0.6 is 11.3 Å². The number of sulfonamides is 1. The third-order valence-corrected chi connectivity index (χ3v) is 6.65. The number of rotatable bonds is 4. The molecule has 1 aliphatic rings. The number of benzene rings is 1. The van der Waals surface area contributed by atoms with Crippen LogP contribution in [-0.2, 0) is 10.0 Å². The zero-order chi connectivity index (χ0) is 16.6. The van der Waals surface area contributed by atoms with Crippen LogP contribution in [0.1, 0.15) is 24.8 Å². The van der Waals surface area contributed by atoms with Crippen molar-refractivity contribution in [2.24, 2.45) is 0 Å². The molecule has 4 rings (SSSR count). The standard InChI is InChI=1S/C16H15N3O3S2/c20-24(21,13-5-2-1-3-6-13)19-9-4-7-14(19)16-18-17-15(22-16)12-8-10-23-11-12/h1-3,5-6,8,10-11,14H,4,7,9H2/t14-/m1/s1. The van der Waals surface area contributed by atoms with Crippen molar-refractivity contribution in [3.8, 4) is 11.5 Å². The highest BCUT2D eigenvalue weighted by molar-refractivity contribution is 7.89. The van der Waals surface area contributed by atoms with Crippen molar-refractivity contribution in [1.82, 2.24) is 14.5 Å². The largest absolute Gasteiger partial charge is 0.419 e. The Balaban J connectivity index is 1.66. The van der Waals surface area contributed by atoms with Gasteiger partial charge >= 0.3 is 0 Å². The summed E-state index contributed by atoms with van der Waals surface area (Å²) in [4.78, 5) is 0.287. The molecule has 1 fully saturated rings. The molecule has 1 saturated heterocycles. The molecule has 3 aromatic rings. The van der Waals surface area contributed by atoms with Crippen molar-refractivity contribution in [2.75, 3.05) is 6.54 Å². The van der Waals surface area contributed by atoms with Crippen LogP contribution in [0.5, 0.6) is 0 Å². The lowest BCUT2D eigenvalue weighted by Gasteiger charge is -2.21. The Morgan fingerprint density at radius 1 is 1.17 bits per heavy atom. The van der Waals surface area contributed by atoms with Crippen LogP contribution in [0, 0.1) is 0 Å². The van der Waals surface area contributed by atoms with E-state index in [1.807, 2.05) is 16.8 Å². The van der Waals surface area contributed by atoms with Gasteiger partial charge in [-0.2, -0.15) is 15.6 Å². The molecule has 124 valence electrons. The fraction of sp³-hybridized carbons (Fsp3) is 0.250. The zero-order valence-electron chi connectivity index (χ0n) is 12.7. The van der Waals surface area contributed by atoms with Gasteiger partial charge in [-0.15, -0.1) is 10.2 Å². The van der Waals surface area contributed by atoms with Gasteiger partial charge in [-0.3, -0.25) is 0 Å². The van der Waals surface area contributed by atoms with Crippen molar-refractivity contribution in [3.05, 3.63) is 53.0 Å². The van der Waals surface area contributed by atoms with Crippen molar-refractivity contribution < 1.29 is 12.8 Å². The normalized spacial score (nSPS) is 18.9. The van der Waals surface area contributed by atoms with E-state index in [2.05, 4.69) is 10.2 Å². The summed E-state index contributed by atoms with van der Waals surface area (Å²) in [6.07, 6.45) is 1.45. The highest BCUT2D eigenvalue weighted by Gasteiger charge is 2.39. The maximum Gasteiger partial charge on any atom is 0.248 e. The summed E-state index contributed by atoms with van der Waals surface area (Å²) in [6.45, 7) is 0.456. The van der Waals surface area contributed by atoms with Crippen LogP contribution in [0.15, 0.2) is 56.5 Å². The van der Waals surface area contributed by atoms with E-state index in [-0.39, 0.29) is 4.90 Å². The van der Waals surface area contributed by atoms with Crippen molar-refractivity contribution in [1.29, 1.82) is 0 Å². The monoisotopic (exact) mass is 361 g/mol. The quantitative estimate of drug-likeness (QED) is 0.712. The second kappa shape index (κ2) is 6.12. The fourth-order valence-electron chi connectivity index (χ4n) is 2.87. The third-order valence-electron chi connectivity index (χ3n) is 4.05. The maximum atomic E-state index is 12.9. The lowest BCUT2D eigenvalue weighted by Crippen LogP contribution is -2.30. The molecule has 8 heteroatoms. The molecular formula is C16H15N3O3S2. The minimum absolute atomic E-state index is 0.287. The van der Waals surface area contributed by atoms with E-state index in [0.717, 1.165) is 12.0 Å². The van der Waals surface area contributed by atoms with E-state index in [4.69, 9.17) is 4.42 Å². The van der Waals surface area contributed by atoms with E-state index < -0.39 is 16.1 Å². The number of nitrogens with zero attached hydrogens (tertiary/aromatic N) is 3. The Hall–Kier alpha value is -2.03. The first kappa shape index (κ1) is 15.5. The van der Waals surface area contributed by atoms with Crippen LogP contribution in [0.25, 0.3) is 11.5 Å². The van der Waals surface area contributed by atoms with Gasteiger partial charge < -0.3 is 4.42 Å². The van der Waals surface area contributed by atoms with E-state index >= 15 is 0 Å². The van der Waals surface area contributed by atoms with Crippen molar-refractivity contribution in [2.45, 2.75) is 23.8 Å². The van der Waals surface area contributed by atoms with Crippen LogP contribution in [-0.4, -0.2) is 29.5 Å². The molecular weight excluding hydrogens is 346 g/mol. The van der Waals surface area contributed by atoms with Crippen LogP contribution in [0.4, 0.5) is 0 Å². The first-order valence-corrected chi connectivity index (χ1v) is 9.97. The molecule has 3 heterocycles. The van der Waals surface area contributed by atoms with Crippen molar-refractivity contribution >= 4 is 21.4 Å². The number of aromatic nitrogens is 2. The second-order valence-corrected chi connectivity index (χ2v) is 8.21. The molecule has 0 radical (unpaired) electrons. The van der Waals surface area contributed by atoms with Gasteiger partial charge in [-0.05, 0) is 36.4 Å². The Morgan fingerprint density at radius 2 is 2.00 bits per heavy atom. The topological polar surface area (TPSA) is 76.3 Å². The first-order chi connectivity index (χ1) is 11.7. The molecule has 24 heavy (non-hydrogen) atoms. The highest BCUT2D eigenvalue weighted by Crippen LogP contribution is 2.36. The lowest BCUT2D eigenvalue weighted by molar-refractivity contribution is 0.332. The summed E-state index contributed by atoms with van der Waals surface area (Å²) in [5.41, 5.74) is 0.856. The highest BCUT2D eigenvalue weighted by atomic mass is 32.2. The molecule has 0 bridgehead atoms. The molecule has 1 aromatic carbocycles. The van der Waals surface area contributed by atoms with E-state index in [9.17, 15) is 8.42 Å². The Labute approximate surface area is 143 Å². The molecule has 0 saturated carbocycles. The lowest BCUT2D eigenvalue weighted by atomic mass is 10.2. The van der Waals surface area contributed by atoms with Gasteiger partial charge in [0.2, 0.25) is 21.8 Å². The molecule has 0 N–H and O–H groups in total. The molecule has 0 aliphatic carbocycles. The smallest absolute Gasteiger partial charge is 0.248 e.